The van der Waals surface area contributed by atoms with E-state index in [9.17, 15) is 9.59 Å². The molecule has 1 N–H and O–H groups in total. The summed E-state index contributed by atoms with van der Waals surface area (Å²) < 4.78 is 10.8. The number of anilines is 1. The van der Waals surface area contributed by atoms with Crippen LogP contribution >= 0.6 is 0 Å². The maximum atomic E-state index is 12.6. The Bertz CT molecular complexity index is 783. The standard InChI is InChI=1S/C21H24N2O4/c1-2-12-27-19-8-6-16(7-9-19)20(24)22-18-5-3-4-17(15-18)21(25)23-10-13-26-14-11-23/h3-9,15H,2,10-14H2,1H3,(H,22,24). The molecule has 0 aromatic heterocycles. The summed E-state index contributed by atoms with van der Waals surface area (Å²) in [6, 6.07) is 14.0. The summed E-state index contributed by atoms with van der Waals surface area (Å²) in [5, 5.41) is 2.84. The largest absolute Gasteiger partial charge is 0.494 e. The Balaban J connectivity index is 1.64. The smallest absolute Gasteiger partial charge is 0.255 e. The van der Waals surface area contributed by atoms with Crippen molar-refractivity contribution in [3.05, 3.63) is 59.7 Å². The van der Waals surface area contributed by atoms with Crippen molar-refractivity contribution in [1.82, 2.24) is 4.90 Å². The molecule has 27 heavy (non-hydrogen) atoms. The zero-order valence-corrected chi connectivity index (χ0v) is 15.4. The molecule has 2 aromatic carbocycles. The van der Waals surface area contributed by atoms with Gasteiger partial charge in [0.15, 0.2) is 0 Å². The number of hydrogen-bond donors (Lipinski definition) is 1. The van der Waals surface area contributed by atoms with Crippen LogP contribution in [0, 0.1) is 0 Å². The summed E-state index contributed by atoms with van der Waals surface area (Å²) in [4.78, 5) is 26.8. The van der Waals surface area contributed by atoms with E-state index in [0.29, 0.717) is 49.7 Å². The molecule has 3 rings (SSSR count). The summed E-state index contributed by atoms with van der Waals surface area (Å²) >= 11 is 0. The van der Waals surface area contributed by atoms with E-state index in [1.54, 1.807) is 53.4 Å². The third kappa shape index (κ3) is 5.08. The van der Waals surface area contributed by atoms with Gasteiger partial charge in [-0.05, 0) is 48.9 Å². The summed E-state index contributed by atoms with van der Waals surface area (Å²) in [7, 11) is 0. The predicted molar refractivity (Wildman–Crippen MR) is 103 cm³/mol. The van der Waals surface area contributed by atoms with E-state index in [-0.39, 0.29) is 11.8 Å². The van der Waals surface area contributed by atoms with Gasteiger partial charge >= 0.3 is 0 Å². The molecular formula is C21H24N2O4. The van der Waals surface area contributed by atoms with Gasteiger partial charge in [-0.1, -0.05) is 13.0 Å². The number of carbonyl (C=O) groups is 2. The van der Waals surface area contributed by atoms with Crippen LogP contribution in [0.3, 0.4) is 0 Å². The van der Waals surface area contributed by atoms with Gasteiger partial charge in [-0.15, -0.1) is 0 Å². The molecule has 0 radical (unpaired) electrons. The molecule has 6 nitrogen and oxygen atoms in total. The average Bonchev–Trinajstić information content (AvgIpc) is 2.73. The van der Waals surface area contributed by atoms with Gasteiger partial charge in [0.1, 0.15) is 5.75 Å². The maximum absolute atomic E-state index is 12.6. The minimum absolute atomic E-state index is 0.0492. The molecule has 0 saturated carbocycles. The second-order valence-corrected chi connectivity index (χ2v) is 6.31. The summed E-state index contributed by atoms with van der Waals surface area (Å²) in [5.41, 5.74) is 1.67. The molecule has 2 amide bonds. The van der Waals surface area contributed by atoms with Crippen LogP contribution in [0.15, 0.2) is 48.5 Å². The summed E-state index contributed by atoms with van der Waals surface area (Å²) in [5.74, 6) is 0.464. The number of hydrogen-bond acceptors (Lipinski definition) is 4. The molecule has 1 heterocycles. The first kappa shape index (κ1) is 18.9. The highest BCUT2D eigenvalue weighted by molar-refractivity contribution is 6.05. The molecule has 142 valence electrons. The van der Waals surface area contributed by atoms with E-state index < -0.39 is 0 Å². The quantitative estimate of drug-likeness (QED) is 0.850. The monoisotopic (exact) mass is 368 g/mol. The van der Waals surface area contributed by atoms with Gasteiger partial charge < -0.3 is 19.7 Å². The van der Waals surface area contributed by atoms with Crippen LogP contribution in [0.4, 0.5) is 5.69 Å². The normalized spacial score (nSPS) is 13.9. The van der Waals surface area contributed by atoms with Gasteiger partial charge in [-0.3, -0.25) is 9.59 Å². The first-order chi connectivity index (χ1) is 13.2. The highest BCUT2D eigenvalue weighted by Gasteiger charge is 2.19. The number of amides is 2. The second kappa shape index (κ2) is 9.19. The molecule has 0 bridgehead atoms. The van der Waals surface area contributed by atoms with Crippen molar-refractivity contribution in [3.8, 4) is 5.75 Å². The summed E-state index contributed by atoms with van der Waals surface area (Å²) in [6.07, 6.45) is 0.932. The number of nitrogens with one attached hydrogen (secondary N) is 1. The fraction of sp³-hybridized carbons (Fsp3) is 0.333. The molecule has 1 aliphatic heterocycles. The van der Waals surface area contributed by atoms with E-state index in [1.807, 2.05) is 6.92 Å². The zero-order chi connectivity index (χ0) is 19.1. The average molecular weight is 368 g/mol. The van der Waals surface area contributed by atoms with Crippen molar-refractivity contribution >= 4 is 17.5 Å². The van der Waals surface area contributed by atoms with Gasteiger partial charge in [-0.2, -0.15) is 0 Å². The molecule has 1 aliphatic rings. The van der Waals surface area contributed by atoms with Crippen LogP contribution in [-0.2, 0) is 4.74 Å². The van der Waals surface area contributed by atoms with Gasteiger partial charge in [-0.25, -0.2) is 0 Å². The number of benzene rings is 2. The highest BCUT2D eigenvalue weighted by atomic mass is 16.5. The lowest BCUT2D eigenvalue weighted by atomic mass is 10.1. The Morgan fingerprint density at radius 3 is 2.52 bits per heavy atom. The van der Waals surface area contributed by atoms with Gasteiger partial charge in [0.2, 0.25) is 0 Å². The van der Waals surface area contributed by atoms with Gasteiger partial charge in [0.05, 0.1) is 19.8 Å². The van der Waals surface area contributed by atoms with Crippen molar-refractivity contribution < 1.29 is 19.1 Å². The van der Waals surface area contributed by atoms with Crippen LogP contribution in [0.25, 0.3) is 0 Å². The van der Waals surface area contributed by atoms with E-state index in [4.69, 9.17) is 9.47 Å². The third-order valence-electron chi connectivity index (χ3n) is 4.26. The Labute approximate surface area is 159 Å². The van der Waals surface area contributed by atoms with Crippen molar-refractivity contribution in [1.29, 1.82) is 0 Å². The Kier molecular flexibility index (Phi) is 6.44. The Morgan fingerprint density at radius 1 is 1.07 bits per heavy atom. The minimum atomic E-state index is -0.229. The lowest BCUT2D eigenvalue weighted by Gasteiger charge is -2.27. The maximum Gasteiger partial charge on any atom is 0.255 e. The zero-order valence-electron chi connectivity index (χ0n) is 15.4. The number of rotatable bonds is 6. The third-order valence-corrected chi connectivity index (χ3v) is 4.26. The fourth-order valence-corrected chi connectivity index (χ4v) is 2.80. The molecule has 0 aliphatic carbocycles. The van der Waals surface area contributed by atoms with Gasteiger partial charge in [0, 0.05) is 29.9 Å². The number of carbonyl (C=O) groups excluding carboxylic acids is 2. The SMILES string of the molecule is CCCOc1ccc(C(=O)Nc2cccc(C(=O)N3CCOCC3)c2)cc1. The molecular weight excluding hydrogens is 344 g/mol. The molecule has 6 heteroatoms. The van der Waals surface area contributed by atoms with E-state index >= 15 is 0 Å². The molecule has 0 atom stereocenters. The van der Waals surface area contributed by atoms with Crippen LogP contribution < -0.4 is 10.1 Å². The molecule has 0 unspecified atom stereocenters. The van der Waals surface area contributed by atoms with E-state index in [2.05, 4.69) is 5.32 Å². The van der Waals surface area contributed by atoms with E-state index in [0.717, 1.165) is 12.2 Å². The molecule has 2 aromatic rings. The van der Waals surface area contributed by atoms with Gasteiger partial charge in [0.25, 0.3) is 11.8 Å². The lowest BCUT2D eigenvalue weighted by Crippen LogP contribution is -2.40. The molecule has 0 spiro atoms. The number of ether oxygens (including phenoxy) is 2. The van der Waals surface area contributed by atoms with Crippen molar-refractivity contribution in [3.63, 3.8) is 0 Å². The topological polar surface area (TPSA) is 67.9 Å². The molecule has 1 fully saturated rings. The first-order valence-electron chi connectivity index (χ1n) is 9.18. The second-order valence-electron chi connectivity index (χ2n) is 6.31. The van der Waals surface area contributed by atoms with Crippen LogP contribution in [0.5, 0.6) is 5.75 Å². The first-order valence-corrected chi connectivity index (χ1v) is 9.18. The van der Waals surface area contributed by atoms with Crippen LogP contribution in [0.2, 0.25) is 0 Å². The minimum Gasteiger partial charge on any atom is -0.494 e. The fourth-order valence-electron chi connectivity index (χ4n) is 2.80. The van der Waals surface area contributed by atoms with Crippen molar-refractivity contribution in [2.45, 2.75) is 13.3 Å². The van der Waals surface area contributed by atoms with Crippen LogP contribution in [-0.4, -0.2) is 49.6 Å². The summed E-state index contributed by atoms with van der Waals surface area (Å²) in [6.45, 7) is 4.97. The Morgan fingerprint density at radius 2 is 1.81 bits per heavy atom. The number of morpholine rings is 1. The van der Waals surface area contributed by atoms with E-state index in [1.165, 1.54) is 0 Å². The Hall–Kier alpha value is -2.86. The molecule has 1 saturated heterocycles. The lowest BCUT2D eigenvalue weighted by molar-refractivity contribution is 0.0303. The van der Waals surface area contributed by atoms with Crippen LogP contribution in [0.1, 0.15) is 34.1 Å². The van der Waals surface area contributed by atoms with Crippen molar-refractivity contribution in [2.75, 3.05) is 38.2 Å². The highest BCUT2D eigenvalue weighted by Crippen LogP contribution is 2.17. The van der Waals surface area contributed by atoms with Crippen molar-refractivity contribution in [2.24, 2.45) is 0 Å². The number of nitrogens with zero attached hydrogens (tertiary/aromatic N) is 1. The predicted octanol–water partition coefficient (Wildman–Crippen LogP) is 3.20.